The number of pyridine rings is 1. The smallest absolute Gasteiger partial charge is 0.0853 e. The van der Waals surface area contributed by atoms with Gasteiger partial charge in [0.2, 0.25) is 0 Å². The summed E-state index contributed by atoms with van der Waals surface area (Å²) in [6.45, 7) is 3.23. The molecule has 1 N–H and O–H groups in total. The van der Waals surface area contributed by atoms with E-state index in [0.717, 1.165) is 5.56 Å². The molecule has 1 aromatic heterocycles. The largest absolute Gasteiger partial charge is 0.390 e. The summed E-state index contributed by atoms with van der Waals surface area (Å²) in [5, 5.41) is 8.78. The van der Waals surface area contributed by atoms with Crippen molar-refractivity contribution in [1.29, 1.82) is 0 Å². The molecule has 0 saturated carbocycles. The zero-order valence-electron chi connectivity index (χ0n) is 7.16. The Balaban J connectivity index is 2.60. The van der Waals surface area contributed by atoms with Gasteiger partial charge in [0.15, 0.2) is 0 Å². The summed E-state index contributed by atoms with van der Waals surface area (Å²) >= 11 is 0. The molecule has 66 valence electrons. The van der Waals surface area contributed by atoms with Gasteiger partial charge in [-0.2, -0.15) is 0 Å². The lowest BCUT2D eigenvalue weighted by atomic mass is 10.2. The maximum atomic E-state index is 8.78. The first-order valence-electron chi connectivity index (χ1n) is 3.99. The highest BCUT2D eigenvalue weighted by Crippen LogP contribution is 2.03. The van der Waals surface area contributed by atoms with Crippen LogP contribution in [0.5, 0.6) is 0 Å². The Hall–Kier alpha value is -0.930. The van der Waals surface area contributed by atoms with E-state index in [9.17, 15) is 0 Å². The van der Waals surface area contributed by atoms with Crippen LogP contribution in [0.1, 0.15) is 18.2 Å². The van der Waals surface area contributed by atoms with Crippen LogP contribution in [0.2, 0.25) is 0 Å². The highest BCUT2D eigenvalue weighted by Gasteiger charge is 1.95. The Morgan fingerprint density at radius 3 is 3.08 bits per heavy atom. The summed E-state index contributed by atoms with van der Waals surface area (Å²) in [6.07, 6.45) is 1.68. The van der Waals surface area contributed by atoms with Gasteiger partial charge < -0.3 is 9.84 Å². The van der Waals surface area contributed by atoms with E-state index in [4.69, 9.17) is 9.84 Å². The lowest BCUT2D eigenvalue weighted by Crippen LogP contribution is -1.95. The normalized spacial score (nSPS) is 10.2. The Labute approximate surface area is 72.0 Å². The molecule has 0 aliphatic rings. The second kappa shape index (κ2) is 4.85. The quantitative estimate of drug-likeness (QED) is 0.730. The van der Waals surface area contributed by atoms with Crippen LogP contribution in [-0.2, 0) is 18.0 Å². The molecule has 0 saturated heterocycles. The van der Waals surface area contributed by atoms with Crippen LogP contribution >= 0.6 is 0 Å². The Kier molecular flexibility index (Phi) is 3.70. The summed E-state index contributed by atoms with van der Waals surface area (Å²) in [5.74, 6) is 0. The minimum absolute atomic E-state index is 0.0139. The number of aliphatic hydroxyl groups excluding tert-OH is 1. The predicted octanol–water partition coefficient (Wildman–Crippen LogP) is 1.11. The van der Waals surface area contributed by atoms with Gasteiger partial charge >= 0.3 is 0 Å². The van der Waals surface area contributed by atoms with Crippen molar-refractivity contribution < 1.29 is 9.84 Å². The molecule has 0 unspecified atom stereocenters. The van der Waals surface area contributed by atoms with Gasteiger partial charge in [-0.25, -0.2) is 0 Å². The van der Waals surface area contributed by atoms with Gasteiger partial charge in [0, 0.05) is 12.8 Å². The zero-order chi connectivity index (χ0) is 8.81. The average molecular weight is 167 g/mol. The van der Waals surface area contributed by atoms with Crippen molar-refractivity contribution in [2.45, 2.75) is 20.1 Å². The lowest BCUT2D eigenvalue weighted by Gasteiger charge is -2.02. The molecule has 0 amide bonds. The standard InChI is InChI=1S/C9H13NO2/c1-2-12-7-8-3-4-10-9(5-8)6-11/h3-5,11H,2,6-7H2,1H3. The summed E-state index contributed by atoms with van der Waals surface area (Å²) in [5.41, 5.74) is 1.74. The number of hydrogen-bond donors (Lipinski definition) is 1. The molecular weight excluding hydrogens is 154 g/mol. The van der Waals surface area contributed by atoms with E-state index in [1.54, 1.807) is 6.20 Å². The van der Waals surface area contributed by atoms with Crippen molar-refractivity contribution in [3.63, 3.8) is 0 Å². The molecule has 0 bridgehead atoms. The number of hydrogen-bond acceptors (Lipinski definition) is 3. The maximum Gasteiger partial charge on any atom is 0.0853 e. The maximum absolute atomic E-state index is 8.78. The summed E-state index contributed by atoms with van der Waals surface area (Å²) < 4.78 is 5.21. The third kappa shape index (κ3) is 2.60. The van der Waals surface area contributed by atoms with E-state index in [0.29, 0.717) is 18.9 Å². The van der Waals surface area contributed by atoms with Gasteiger partial charge in [-0.15, -0.1) is 0 Å². The number of ether oxygens (including phenoxy) is 1. The van der Waals surface area contributed by atoms with E-state index in [-0.39, 0.29) is 6.61 Å². The van der Waals surface area contributed by atoms with Crippen LogP contribution in [0.25, 0.3) is 0 Å². The van der Waals surface area contributed by atoms with Gasteiger partial charge in [-0.05, 0) is 24.6 Å². The molecular formula is C9H13NO2. The average Bonchev–Trinajstić information content (AvgIpc) is 2.15. The van der Waals surface area contributed by atoms with Crippen LogP contribution in [-0.4, -0.2) is 16.7 Å². The van der Waals surface area contributed by atoms with E-state index in [2.05, 4.69) is 4.98 Å². The van der Waals surface area contributed by atoms with Crippen LogP contribution < -0.4 is 0 Å². The first-order valence-corrected chi connectivity index (χ1v) is 3.99. The highest BCUT2D eigenvalue weighted by molar-refractivity contribution is 5.14. The molecule has 3 heteroatoms. The molecule has 0 aromatic carbocycles. The molecule has 12 heavy (non-hydrogen) atoms. The Morgan fingerprint density at radius 2 is 2.42 bits per heavy atom. The zero-order valence-corrected chi connectivity index (χ0v) is 7.16. The van der Waals surface area contributed by atoms with Crippen molar-refractivity contribution in [1.82, 2.24) is 4.98 Å². The number of aromatic nitrogens is 1. The summed E-state index contributed by atoms with van der Waals surface area (Å²) in [7, 11) is 0. The number of rotatable bonds is 4. The molecule has 0 radical (unpaired) electrons. The fourth-order valence-corrected chi connectivity index (χ4v) is 0.924. The minimum atomic E-state index is -0.0139. The second-order valence-electron chi connectivity index (χ2n) is 2.45. The fourth-order valence-electron chi connectivity index (χ4n) is 0.924. The van der Waals surface area contributed by atoms with E-state index in [1.807, 2.05) is 19.1 Å². The van der Waals surface area contributed by atoms with E-state index >= 15 is 0 Å². The number of aliphatic hydroxyl groups is 1. The third-order valence-corrected chi connectivity index (χ3v) is 1.52. The van der Waals surface area contributed by atoms with Crippen molar-refractivity contribution in [3.05, 3.63) is 29.6 Å². The molecule has 0 spiro atoms. The third-order valence-electron chi connectivity index (χ3n) is 1.52. The van der Waals surface area contributed by atoms with Gasteiger partial charge in [0.1, 0.15) is 0 Å². The Bertz CT molecular complexity index is 238. The van der Waals surface area contributed by atoms with Crippen molar-refractivity contribution in [2.24, 2.45) is 0 Å². The molecule has 0 fully saturated rings. The van der Waals surface area contributed by atoms with E-state index in [1.165, 1.54) is 0 Å². The van der Waals surface area contributed by atoms with Crippen LogP contribution in [0, 0.1) is 0 Å². The van der Waals surface area contributed by atoms with Crippen LogP contribution in [0.4, 0.5) is 0 Å². The monoisotopic (exact) mass is 167 g/mol. The van der Waals surface area contributed by atoms with Gasteiger partial charge in [-0.3, -0.25) is 4.98 Å². The van der Waals surface area contributed by atoms with Crippen LogP contribution in [0.3, 0.4) is 0 Å². The minimum Gasteiger partial charge on any atom is -0.390 e. The molecule has 1 rings (SSSR count). The van der Waals surface area contributed by atoms with Gasteiger partial charge in [-0.1, -0.05) is 0 Å². The molecule has 3 nitrogen and oxygen atoms in total. The molecule has 0 aliphatic heterocycles. The van der Waals surface area contributed by atoms with E-state index < -0.39 is 0 Å². The fraction of sp³-hybridized carbons (Fsp3) is 0.444. The SMILES string of the molecule is CCOCc1ccnc(CO)c1. The predicted molar refractivity (Wildman–Crippen MR) is 45.5 cm³/mol. The summed E-state index contributed by atoms with van der Waals surface area (Å²) in [4.78, 5) is 3.96. The lowest BCUT2D eigenvalue weighted by molar-refractivity contribution is 0.134. The Morgan fingerprint density at radius 1 is 1.58 bits per heavy atom. The van der Waals surface area contributed by atoms with Crippen molar-refractivity contribution in [3.8, 4) is 0 Å². The van der Waals surface area contributed by atoms with Gasteiger partial charge in [0.25, 0.3) is 0 Å². The first-order chi connectivity index (χ1) is 5.86. The van der Waals surface area contributed by atoms with Crippen molar-refractivity contribution in [2.75, 3.05) is 6.61 Å². The summed E-state index contributed by atoms with van der Waals surface area (Å²) in [6, 6.07) is 3.73. The van der Waals surface area contributed by atoms with Crippen LogP contribution in [0.15, 0.2) is 18.3 Å². The molecule has 0 aliphatic carbocycles. The topological polar surface area (TPSA) is 42.4 Å². The van der Waals surface area contributed by atoms with Gasteiger partial charge in [0.05, 0.1) is 18.9 Å². The molecule has 1 heterocycles. The molecule has 0 atom stereocenters. The molecule has 1 aromatic rings. The highest BCUT2D eigenvalue weighted by atomic mass is 16.5. The van der Waals surface area contributed by atoms with Crippen molar-refractivity contribution >= 4 is 0 Å². The number of nitrogens with zero attached hydrogens (tertiary/aromatic N) is 1. The first kappa shape index (κ1) is 9.16. The second-order valence-corrected chi connectivity index (χ2v) is 2.45.